The molecule has 3 N–H and O–H groups in total. The van der Waals surface area contributed by atoms with Gasteiger partial charge in [0.25, 0.3) is 5.91 Å². The molecule has 1 atom stereocenters. The highest BCUT2D eigenvalue weighted by Crippen LogP contribution is 2.35. The summed E-state index contributed by atoms with van der Waals surface area (Å²) >= 11 is 0. The Hall–Kier alpha value is -4.73. The third-order valence-corrected chi connectivity index (χ3v) is 6.15. The summed E-state index contributed by atoms with van der Waals surface area (Å²) in [6.45, 7) is 2.84. The fourth-order valence-corrected chi connectivity index (χ4v) is 4.16. The largest absolute Gasteiger partial charge is 0.494 e. The SMILES string of the molecule is CCOc1ccc(N2C[C@H](C(=O)NNc3cccc(OC)c3OCC(=O)NCc3ccccc3)CC2=O)cc1. The topological polar surface area (TPSA) is 118 Å². The Balaban J connectivity index is 1.33. The number of rotatable bonds is 12. The molecule has 0 unspecified atom stereocenters. The van der Waals surface area contributed by atoms with Crippen LogP contribution in [0.15, 0.2) is 72.8 Å². The minimum atomic E-state index is -0.546. The maximum Gasteiger partial charge on any atom is 0.258 e. The van der Waals surface area contributed by atoms with Gasteiger partial charge in [-0.15, -0.1) is 0 Å². The summed E-state index contributed by atoms with van der Waals surface area (Å²) < 4.78 is 16.6. The van der Waals surface area contributed by atoms with Gasteiger partial charge in [-0.25, -0.2) is 0 Å². The maximum absolute atomic E-state index is 12.9. The average Bonchev–Trinajstić information content (AvgIpc) is 3.36. The molecule has 3 amide bonds. The van der Waals surface area contributed by atoms with E-state index in [1.807, 2.05) is 37.3 Å². The number of carbonyl (C=O) groups is 3. The fraction of sp³-hybridized carbons (Fsp3) is 0.276. The Morgan fingerprint density at radius 3 is 2.46 bits per heavy atom. The molecule has 1 fully saturated rings. The molecule has 1 aliphatic rings. The van der Waals surface area contributed by atoms with Crippen LogP contribution in [0, 0.1) is 5.92 Å². The number of anilines is 2. The zero-order valence-corrected chi connectivity index (χ0v) is 21.9. The van der Waals surface area contributed by atoms with E-state index in [4.69, 9.17) is 14.2 Å². The number of amides is 3. The fourth-order valence-electron chi connectivity index (χ4n) is 4.16. The van der Waals surface area contributed by atoms with Crippen LogP contribution in [0.5, 0.6) is 17.2 Å². The predicted octanol–water partition coefficient (Wildman–Crippen LogP) is 3.29. The van der Waals surface area contributed by atoms with Crippen LogP contribution in [0.4, 0.5) is 11.4 Å². The zero-order chi connectivity index (χ0) is 27.6. The molecular formula is C29H32N4O6. The lowest BCUT2D eigenvalue weighted by Gasteiger charge is -2.19. The first kappa shape index (κ1) is 27.3. The van der Waals surface area contributed by atoms with E-state index in [9.17, 15) is 14.4 Å². The summed E-state index contributed by atoms with van der Waals surface area (Å²) in [5.41, 5.74) is 7.61. The Morgan fingerprint density at radius 2 is 1.74 bits per heavy atom. The van der Waals surface area contributed by atoms with Crippen LogP contribution in [0.2, 0.25) is 0 Å². The number of methoxy groups -OCH3 is 1. The van der Waals surface area contributed by atoms with E-state index < -0.39 is 5.92 Å². The quantitative estimate of drug-likeness (QED) is 0.307. The molecule has 0 spiro atoms. The van der Waals surface area contributed by atoms with E-state index in [-0.39, 0.29) is 43.0 Å². The third kappa shape index (κ3) is 7.19. The van der Waals surface area contributed by atoms with Crippen LogP contribution in [0.3, 0.4) is 0 Å². The van der Waals surface area contributed by atoms with Gasteiger partial charge in [-0.05, 0) is 48.9 Å². The van der Waals surface area contributed by atoms with Crippen molar-refractivity contribution in [3.8, 4) is 17.2 Å². The summed E-state index contributed by atoms with van der Waals surface area (Å²) in [5.74, 6) is 0.0548. The highest BCUT2D eigenvalue weighted by Gasteiger charge is 2.35. The van der Waals surface area contributed by atoms with Gasteiger partial charge in [-0.3, -0.25) is 25.2 Å². The van der Waals surface area contributed by atoms with Crippen molar-refractivity contribution in [2.75, 3.05) is 37.2 Å². The number of nitrogens with one attached hydrogen (secondary N) is 3. The molecule has 204 valence electrons. The van der Waals surface area contributed by atoms with Gasteiger partial charge in [0, 0.05) is 25.2 Å². The van der Waals surface area contributed by atoms with Gasteiger partial charge in [0.1, 0.15) is 5.75 Å². The summed E-state index contributed by atoms with van der Waals surface area (Å²) in [6.07, 6.45) is 0.0871. The van der Waals surface area contributed by atoms with Crippen molar-refractivity contribution < 1.29 is 28.6 Å². The van der Waals surface area contributed by atoms with Crippen LogP contribution < -0.4 is 35.3 Å². The van der Waals surface area contributed by atoms with Gasteiger partial charge in [0.15, 0.2) is 18.1 Å². The van der Waals surface area contributed by atoms with E-state index in [0.717, 1.165) is 11.3 Å². The molecule has 1 aliphatic heterocycles. The highest BCUT2D eigenvalue weighted by atomic mass is 16.5. The van der Waals surface area contributed by atoms with Crippen LogP contribution in [0.25, 0.3) is 0 Å². The van der Waals surface area contributed by atoms with Crippen LogP contribution >= 0.6 is 0 Å². The number of hydrogen-bond donors (Lipinski definition) is 3. The van der Waals surface area contributed by atoms with Crippen molar-refractivity contribution in [3.63, 3.8) is 0 Å². The second-order valence-corrected chi connectivity index (χ2v) is 8.83. The Kier molecular flexibility index (Phi) is 9.23. The Morgan fingerprint density at radius 1 is 0.974 bits per heavy atom. The van der Waals surface area contributed by atoms with Crippen LogP contribution in [-0.4, -0.2) is 44.6 Å². The molecule has 10 nitrogen and oxygen atoms in total. The lowest BCUT2D eigenvalue weighted by molar-refractivity contribution is -0.126. The first-order valence-electron chi connectivity index (χ1n) is 12.7. The molecule has 10 heteroatoms. The second-order valence-electron chi connectivity index (χ2n) is 8.83. The zero-order valence-electron chi connectivity index (χ0n) is 21.9. The predicted molar refractivity (Wildman–Crippen MR) is 147 cm³/mol. The van der Waals surface area contributed by atoms with Gasteiger partial charge in [0.05, 0.1) is 25.3 Å². The van der Waals surface area contributed by atoms with Gasteiger partial charge in [0.2, 0.25) is 11.8 Å². The van der Waals surface area contributed by atoms with Gasteiger partial charge in [-0.1, -0.05) is 36.4 Å². The van der Waals surface area contributed by atoms with Crippen molar-refractivity contribution >= 4 is 29.1 Å². The number of benzene rings is 3. The number of hydrogen-bond acceptors (Lipinski definition) is 7. The number of carbonyl (C=O) groups excluding carboxylic acids is 3. The lowest BCUT2D eigenvalue weighted by Crippen LogP contribution is -2.36. The molecule has 0 saturated carbocycles. The summed E-state index contributed by atoms with van der Waals surface area (Å²) in [6, 6.07) is 21.9. The van der Waals surface area contributed by atoms with Crippen molar-refractivity contribution in [2.24, 2.45) is 5.92 Å². The molecule has 0 radical (unpaired) electrons. The molecule has 0 aromatic heterocycles. The van der Waals surface area contributed by atoms with Crippen molar-refractivity contribution in [1.82, 2.24) is 10.7 Å². The molecule has 39 heavy (non-hydrogen) atoms. The number of hydrazine groups is 1. The van der Waals surface area contributed by atoms with Crippen LogP contribution in [0.1, 0.15) is 18.9 Å². The minimum absolute atomic E-state index is 0.0871. The maximum atomic E-state index is 12.9. The first-order chi connectivity index (χ1) is 19.0. The normalized spacial score (nSPS) is 14.5. The molecule has 3 aromatic rings. The Labute approximate surface area is 227 Å². The molecule has 4 rings (SSSR count). The average molecular weight is 533 g/mol. The molecule has 0 bridgehead atoms. The summed E-state index contributed by atoms with van der Waals surface area (Å²) in [5, 5.41) is 2.81. The summed E-state index contributed by atoms with van der Waals surface area (Å²) in [4.78, 5) is 39.5. The number of ether oxygens (including phenoxy) is 3. The minimum Gasteiger partial charge on any atom is -0.494 e. The van der Waals surface area contributed by atoms with E-state index in [0.29, 0.717) is 30.3 Å². The van der Waals surface area contributed by atoms with Crippen molar-refractivity contribution in [2.45, 2.75) is 19.9 Å². The molecule has 1 heterocycles. The van der Waals surface area contributed by atoms with Gasteiger partial charge in [-0.2, -0.15) is 0 Å². The van der Waals surface area contributed by atoms with Gasteiger partial charge < -0.3 is 24.4 Å². The standard InChI is InChI=1S/C29H32N4O6/c1-3-38-23-14-12-22(13-15-23)33-18-21(16-27(33)35)29(36)32-31-24-10-7-11-25(37-2)28(24)39-19-26(34)30-17-20-8-5-4-6-9-20/h4-15,21,31H,3,16-19H2,1-2H3,(H,30,34)(H,32,36)/t21-/m1/s1. The smallest absolute Gasteiger partial charge is 0.258 e. The van der Waals surface area contributed by atoms with E-state index >= 15 is 0 Å². The van der Waals surface area contributed by atoms with E-state index in [2.05, 4.69) is 16.2 Å². The molecular weight excluding hydrogens is 500 g/mol. The monoisotopic (exact) mass is 532 g/mol. The molecule has 0 aliphatic carbocycles. The van der Waals surface area contributed by atoms with Crippen molar-refractivity contribution in [1.29, 1.82) is 0 Å². The highest BCUT2D eigenvalue weighted by molar-refractivity contribution is 6.00. The third-order valence-electron chi connectivity index (χ3n) is 6.15. The van der Waals surface area contributed by atoms with Crippen LogP contribution in [-0.2, 0) is 20.9 Å². The van der Waals surface area contributed by atoms with Crippen molar-refractivity contribution in [3.05, 3.63) is 78.4 Å². The molecule has 1 saturated heterocycles. The van der Waals surface area contributed by atoms with E-state index in [1.165, 1.54) is 7.11 Å². The van der Waals surface area contributed by atoms with Gasteiger partial charge >= 0.3 is 0 Å². The number of nitrogens with zero attached hydrogens (tertiary/aromatic N) is 1. The lowest BCUT2D eigenvalue weighted by atomic mass is 10.1. The number of para-hydroxylation sites is 1. The molecule has 3 aromatic carbocycles. The Bertz CT molecular complexity index is 1280. The second kappa shape index (κ2) is 13.2. The van der Waals surface area contributed by atoms with E-state index in [1.54, 1.807) is 47.4 Å². The first-order valence-corrected chi connectivity index (χ1v) is 12.7. The summed E-state index contributed by atoms with van der Waals surface area (Å²) in [7, 11) is 1.49.